The van der Waals surface area contributed by atoms with Crippen molar-refractivity contribution < 1.29 is 9.59 Å². The topological polar surface area (TPSA) is 86.9 Å². The minimum Gasteiger partial charge on any atom is -0.361 e. The Hall–Kier alpha value is -3.45. The number of H-pyrrole nitrogens is 1. The molecule has 0 saturated carbocycles. The summed E-state index contributed by atoms with van der Waals surface area (Å²) in [5, 5.41) is 8.80. The van der Waals surface area contributed by atoms with E-state index in [0.717, 1.165) is 22.9 Å². The lowest BCUT2D eigenvalue weighted by Crippen LogP contribution is -2.26. The molecule has 6 nitrogen and oxygen atoms in total. The SMILES string of the molecule is O=C(Nc1nc(C(=O)NCCc2c[nH]c3ccccc23)cs1)c1ccccc1. The molecule has 0 fully saturated rings. The highest BCUT2D eigenvalue weighted by Gasteiger charge is 2.13. The van der Waals surface area contributed by atoms with Gasteiger partial charge in [-0.25, -0.2) is 4.98 Å². The van der Waals surface area contributed by atoms with Crippen molar-refractivity contribution in [3.8, 4) is 0 Å². The first-order valence-corrected chi connectivity index (χ1v) is 9.74. The van der Waals surface area contributed by atoms with E-state index in [1.807, 2.05) is 30.5 Å². The van der Waals surface area contributed by atoms with Crippen molar-refractivity contribution in [1.29, 1.82) is 0 Å². The fourth-order valence-electron chi connectivity index (χ4n) is 2.93. The fourth-order valence-corrected chi connectivity index (χ4v) is 3.62. The molecule has 0 aliphatic rings. The van der Waals surface area contributed by atoms with E-state index in [-0.39, 0.29) is 11.8 Å². The number of amides is 2. The number of nitrogens with zero attached hydrogens (tertiary/aromatic N) is 1. The van der Waals surface area contributed by atoms with Crippen LogP contribution in [0.1, 0.15) is 26.4 Å². The molecule has 0 saturated heterocycles. The van der Waals surface area contributed by atoms with Gasteiger partial charge >= 0.3 is 0 Å². The third-order valence-corrected chi connectivity index (χ3v) is 5.11. The van der Waals surface area contributed by atoms with Gasteiger partial charge in [-0.05, 0) is 30.2 Å². The van der Waals surface area contributed by atoms with Crippen LogP contribution < -0.4 is 10.6 Å². The van der Waals surface area contributed by atoms with Crippen LogP contribution in [0.15, 0.2) is 66.2 Å². The molecule has 2 aromatic carbocycles. The summed E-state index contributed by atoms with van der Waals surface area (Å²) in [7, 11) is 0. The number of hydrogen-bond donors (Lipinski definition) is 3. The van der Waals surface area contributed by atoms with Gasteiger partial charge < -0.3 is 10.3 Å². The molecule has 7 heteroatoms. The Kier molecular flexibility index (Phi) is 5.16. The van der Waals surface area contributed by atoms with E-state index in [1.165, 1.54) is 11.3 Å². The van der Waals surface area contributed by atoms with Gasteiger partial charge in [-0.3, -0.25) is 14.9 Å². The first-order chi connectivity index (χ1) is 13.7. The zero-order chi connectivity index (χ0) is 19.3. The van der Waals surface area contributed by atoms with Gasteiger partial charge in [0.25, 0.3) is 11.8 Å². The molecule has 2 heterocycles. The lowest BCUT2D eigenvalue weighted by Gasteiger charge is -2.03. The van der Waals surface area contributed by atoms with E-state index in [2.05, 4.69) is 26.7 Å². The minimum atomic E-state index is -0.253. The Morgan fingerprint density at radius 2 is 1.79 bits per heavy atom. The van der Waals surface area contributed by atoms with Crippen LogP contribution in [0.25, 0.3) is 10.9 Å². The van der Waals surface area contributed by atoms with E-state index in [9.17, 15) is 9.59 Å². The van der Waals surface area contributed by atoms with Gasteiger partial charge in [0.05, 0.1) is 0 Å². The van der Waals surface area contributed by atoms with Crippen molar-refractivity contribution >= 4 is 39.2 Å². The highest BCUT2D eigenvalue weighted by atomic mass is 32.1. The van der Waals surface area contributed by atoms with Crippen LogP contribution in [0.5, 0.6) is 0 Å². The zero-order valence-corrected chi connectivity index (χ0v) is 15.8. The second-order valence-electron chi connectivity index (χ2n) is 6.22. The molecule has 4 rings (SSSR count). The first kappa shape index (κ1) is 17.9. The quantitative estimate of drug-likeness (QED) is 0.467. The van der Waals surface area contributed by atoms with Crippen molar-refractivity contribution in [2.24, 2.45) is 0 Å². The summed E-state index contributed by atoms with van der Waals surface area (Å²) in [4.78, 5) is 31.9. The van der Waals surface area contributed by atoms with Crippen molar-refractivity contribution in [2.45, 2.75) is 6.42 Å². The van der Waals surface area contributed by atoms with Crippen LogP contribution in [0.4, 0.5) is 5.13 Å². The monoisotopic (exact) mass is 390 g/mol. The maximum absolute atomic E-state index is 12.3. The molecule has 2 aromatic heterocycles. The highest BCUT2D eigenvalue weighted by Crippen LogP contribution is 2.18. The molecule has 4 aromatic rings. The van der Waals surface area contributed by atoms with Crippen LogP contribution >= 0.6 is 11.3 Å². The summed E-state index contributed by atoms with van der Waals surface area (Å²) in [5.74, 6) is -0.502. The molecule has 0 aliphatic carbocycles. The van der Waals surface area contributed by atoms with Crippen molar-refractivity contribution in [3.05, 3.63) is 83.0 Å². The third-order valence-electron chi connectivity index (χ3n) is 4.35. The van der Waals surface area contributed by atoms with Crippen LogP contribution in [0, 0.1) is 0 Å². The lowest BCUT2D eigenvalue weighted by atomic mass is 10.1. The number of hydrogen-bond acceptors (Lipinski definition) is 4. The number of anilines is 1. The predicted octanol–water partition coefficient (Wildman–Crippen LogP) is 3.85. The molecule has 140 valence electrons. The van der Waals surface area contributed by atoms with E-state index in [1.54, 1.807) is 29.6 Å². The molecule has 0 atom stereocenters. The van der Waals surface area contributed by atoms with Gasteiger partial charge in [-0.15, -0.1) is 11.3 Å². The molecule has 0 radical (unpaired) electrons. The molecular formula is C21H18N4O2S. The zero-order valence-electron chi connectivity index (χ0n) is 14.9. The van der Waals surface area contributed by atoms with Crippen LogP contribution in [-0.2, 0) is 6.42 Å². The molecular weight excluding hydrogens is 372 g/mol. The van der Waals surface area contributed by atoms with E-state index in [4.69, 9.17) is 0 Å². The summed E-state index contributed by atoms with van der Waals surface area (Å²) in [5.41, 5.74) is 3.09. The van der Waals surface area contributed by atoms with E-state index < -0.39 is 0 Å². The van der Waals surface area contributed by atoms with Crippen LogP contribution in [-0.4, -0.2) is 28.3 Å². The number of fused-ring (bicyclic) bond motifs is 1. The van der Waals surface area contributed by atoms with E-state index in [0.29, 0.717) is 22.9 Å². The number of aromatic amines is 1. The number of carbonyl (C=O) groups is 2. The molecule has 0 bridgehead atoms. The average Bonchev–Trinajstić information content (AvgIpc) is 3.36. The number of para-hydroxylation sites is 1. The van der Waals surface area contributed by atoms with E-state index >= 15 is 0 Å². The van der Waals surface area contributed by atoms with Gasteiger partial charge in [-0.2, -0.15) is 0 Å². The minimum absolute atomic E-state index is 0.249. The molecule has 2 amide bonds. The van der Waals surface area contributed by atoms with Crippen molar-refractivity contribution in [3.63, 3.8) is 0 Å². The fraction of sp³-hybridized carbons (Fsp3) is 0.0952. The van der Waals surface area contributed by atoms with Crippen LogP contribution in [0.2, 0.25) is 0 Å². The van der Waals surface area contributed by atoms with Gasteiger partial charge in [0, 0.05) is 34.6 Å². The second-order valence-corrected chi connectivity index (χ2v) is 7.08. The molecule has 0 aliphatic heterocycles. The Morgan fingerprint density at radius 1 is 1.00 bits per heavy atom. The smallest absolute Gasteiger partial charge is 0.270 e. The third kappa shape index (κ3) is 3.94. The summed E-state index contributed by atoms with van der Waals surface area (Å²) in [6.45, 7) is 0.504. The van der Waals surface area contributed by atoms with Crippen molar-refractivity contribution in [1.82, 2.24) is 15.3 Å². The summed E-state index contributed by atoms with van der Waals surface area (Å²) >= 11 is 1.23. The van der Waals surface area contributed by atoms with Crippen molar-refractivity contribution in [2.75, 3.05) is 11.9 Å². The second kappa shape index (κ2) is 8.06. The Labute approximate surface area is 165 Å². The standard InChI is InChI=1S/C21H18N4O2S/c26-19(14-6-2-1-3-7-14)25-21-24-18(13-28-21)20(27)22-11-10-15-12-23-17-9-5-4-8-16(15)17/h1-9,12-13,23H,10-11H2,(H,22,27)(H,24,25,26). The number of thiazole rings is 1. The number of rotatable bonds is 6. The maximum atomic E-state index is 12.3. The normalized spacial score (nSPS) is 10.7. The Bertz CT molecular complexity index is 1120. The molecule has 3 N–H and O–H groups in total. The maximum Gasteiger partial charge on any atom is 0.270 e. The van der Waals surface area contributed by atoms with Gasteiger partial charge in [0.2, 0.25) is 0 Å². The lowest BCUT2D eigenvalue weighted by molar-refractivity contribution is 0.0948. The summed E-state index contributed by atoms with van der Waals surface area (Å²) in [6, 6.07) is 17.0. The first-order valence-electron chi connectivity index (χ1n) is 8.86. The number of aromatic nitrogens is 2. The summed E-state index contributed by atoms with van der Waals surface area (Å²) in [6.07, 6.45) is 2.69. The van der Waals surface area contributed by atoms with Gasteiger partial charge in [0.15, 0.2) is 5.13 Å². The Morgan fingerprint density at radius 3 is 2.64 bits per heavy atom. The largest absolute Gasteiger partial charge is 0.361 e. The number of benzene rings is 2. The van der Waals surface area contributed by atoms with Gasteiger partial charge in [0.1, 0.15) is 5.69 Å². The highest BCUT2D eigenvalue weighted by molar-refractivity contribution is 7.14. The Balaban J connectivity index is 1.32. The van der Waals surface area contributed by atoms with Crippen LogP contribution in [0.3, 0.4) is 0 Å². The predicted molar refractivity (Wildman–Crippen MR) is 111 cm³/mol. The van der Waals surface area contributed by atoms with Gasteiger partial charge in [-0.1, -0.05) is 36.4 Å². The molecule has 0 unspecified atom stereocenters. The number of nitrogens with one attached hydrogen (secondary N) is 3. The molecule has 0 spiro atoms. The number of carbonyl (C=O) groups excluding carboxylic acids is 2. The summed E-state index contributed by atoms with van der Waals surface area (Å²) < 4.78 is 0. The average molecular weight is 390 g/mol. The molecule has 28 heavy (non-hydrogen) atoms.